The van der Waals surface area contributed by atoms with Crippen LogP contribution in [0, 0.1) is 6.92 Å². The van der Waals surface area contributed by atoms with Crippen molar-refractivity contribution in [3.8, 4) is 0 Å². The first kappa shape index (κ1) is 14.2. The number of alkyl halides is 1. The lowest BCUT2D eigenvalue weighted by Crippen LogP contribution is -2.46. The molecule has 21 heavy (non-hydrogen) atoms. The third-order valence-electron chi connectivity index (χ3n) is 3.88. The number of benzene rings is 1. The fraction of sp³-hybridized carbons (Fsp3) is 0.353. The molecule has 4 heteroatoms. The predicted molar refractivity (Wildman–Crippen MR) is 89.4 cm³/mol. The first-order chi connectivity index (χ1) is 10.3. The van der Waals surface area contributed by atoms with Crippen LogP contribution in [-0.2, 0) is 5.88 Å². The van der Waals surface area contributed by atoms with Crippen LogP contribution < -0.4 is 9.80 Å². The number of rotatable bonds is 3. The number of aryl methyl sites for hydroxylation is 1. The molecule has 1 aliphatic rings. The highest BCUT2D eigenvalue weighted by Gasteiger charge is 2.18. The van der Waals surface area contributed by atoms with Crippen molar-refractivity contribution in [2.45, 2.75) is 12.8 Å². The van der Waals surface area contributed by atoms with E-state index in [1.54, 1.807) is 0 Å². The number of aromatic nitrogens is 1. The SMILES string of the molecule is Cc1cc(CCl)cc(N2CCN(c3ccccc3)CC2)n1. The van der Waals surface area contributed by atoms with Crippen LogP contribution in [0.3, 0.4) is 0 Å². The van der Waals surface area contributed by atoms with Crippen molar-refractivity contribution in [1.29, 1.82) is 0 Å². The molecule has 3 nitrogen and oxygen atoms in total. The predicted octanol–water partition coefficient (Wildman–Crippen LogP) is 3.46. The van der Waals surface area contributed by atoms with Crippen LogP contribution in [-0.4, -0.2) is 31.2 Å². The van der Waals surface area contributed by atoms with Gasteiger partial charge < -0.3 is 9.80 Å². The van der Waals surface area contributed by atoms with Gasteiger partial charge in [-0.25, -0.2) is 4.98 Å². The Bertz CT molecular complexity index is 592. The lowest BCUT2D eigenvalue weighted by atomic mass is 10.2. The lowest BCUT2D eigenvalue weighted by molar-refractivity contribution is 0.646. The Morgan fingerprint density at radius 3 is 2.33 bits per heavy atom. The first-order valence-corrected chi connectivity index (χ1v) is 7.88. The summed E-state index contributed by atoms with van der Waals surface area (Å²) in [6, 6.07) is 14.8. The molecule has 0 atom stereocenters. The Balaban J connectivity index is 1.70. The second-order valence-corrected chi connectivity index (χ2v) is 5.69. The van der Waals surface area contributed by atoms with Crippen molar-refractivity contribution in [3.63, 3.8) is 0 Å². The fourth-order valence-corrected chi connectivity index (χ4v) is 2.95. The average Bonchev–Trinajstić information content (AvgIpc) is 2.55. The third kappa shape index (κ3) is 3.30. The molecular formula is C17H20ClN3. The molecule has 0 aliphatic carbocycles. The summed E-state index contributed by atoms with van der Waals surface area (Å²) in [5, 5.41) is 0. The summed E-state index contributed by atoms with van der Waals surface area (Å²) in [5.41, 5.74) is 3.48. The van der Waals surface area contributed by atoms with Crippen LogP contribution in [0.4, 0.5) is 11.5 Å². The minimum absolute atomic E-state index is 0.542. The van der Waals surface area contributed by atoms with Crippen molar-refractivity contribution in [2.24, 2.45) is 0 Å². The largest absolute Gasteiger partial charge is 0.368 e. The number of nitrogens with zero attached hydrogens (tertiary/aromatic N) is 3. The van der Waals surface area contributed by atoms with Crippen LogP contribution in [0.1, 0.15) is 11.3 Å². The second-order valence-electron chi connectivity index (χ2n) is 5.42. The molecule has 1 saturated heterocycles. The van der Waals surface area contributed by atoms with E-state index in [2.05, 4.69) is 57.2 Å². The van der Waals surface area contributed by atoms with Gasteiger partial charge in [-0.05, 0) is 36.8 Å². The molecule has 1 aromatic heterocycles. The standard InChI is InChI=1S/C17H20ClN3/c1-14-11-15(13-18)12-17(19-14)21-9-7-20(8-10-21)16-5-3-2-4-6-16/h2-6,11-12H,7-10,13H2,1H3. The summed E-state index contributed by atoms with van der Waals surface area (Å²) in [4.78, 5) is 9.43. The van der Waals surface area contributed by atoms with Crippen molar-refractivity contribution in [2.75, 3.05) is 36.0 Å². The van der Waals surface area contributed by atoms with Gasteiger partial charge in [0, 0.05) is 43.4 Å². The van der Waals surface area contributed by atoms with E-state index in [1.165, 1.54) is 5.69 Å². The number of para-hydroxylation sites is 1. The van der Waals surface area contributed by atoms with Gasteiger partial charge in [-0.1, -0.05) is 18.2 Å². The van der Waals surface area contributed by atoms with Crippen molar-refractivity contribution >= 4 is 23.1 Å². The molecule has 110 valence electrons. The van der Waals surface area contributed by atoms with E-state index in [0.717, 1.165) is 43.3 Å². The summed E-state index contributed by atoms with van der Waals surface area (Å²) < 4.78 is 0. The van der Waals surface area contributed by atoms with E-state index in [0.29, 0.717) is 5.88 Å². The maximum absolute atomic E-state index is 5.96. The molecule has 0 N–H and O–H groups in total. The van der Waals surface area contributed by atoms with Crippen molar-refractivity contribution in [1.82, 2.24) is 4.98 Å². The zero-order valence-electron chi connectivity index (χ0n) is 12.3. The maximum atomic E-state index is 5.96. The average molecular weight is 302 g/mol. The topological polar surface area (TPSA) is 19.4 Å². The number of hydrogen-bond acceptors (Lipinski definition) is 3. The molecule has 2 aromatic rings. The molecule has 0 amide bonds. The van der Waals surface area contributed by atoms with Gasteiger partial charge in [0.1, 0.15) is 5.82 Å². The number of pyridine rings is 1. The van der Waals surface area contributed by atoms with Gasteiger partial charge in [0.05, 0.1) is 0 Å². The van der Waals surface area contributed by atoms with Gasteiger partial charge >= 0.3 is 0 Å². The van der Waals surface area contributed by atoms with E-state index in [4.69, 9.17) is 11.6 Å². The zero-order valence-corrected chi connectivity index (χ0v) is 13.1. The van der Waals surface area contributed by atoms with Gasteiger partial charge in [0.2, 0.25) is 0 Å². The Kier molecular flexibility index (Phi) is 4.30. The molecule has 0 spiro atoms. The molecule has 0 saturated carbocycles. The van der Waals surface area contributed by atoms with Crippen LogP contribution in [0.25, 0.3) is 0 Å². The molecule has 1 aromatic carbocycles. The highest BCUT2D eigenvalue weighted by molar-refractivity contribution is 6.17. The van der Waals surface area contributed by atoms with Gasteiger partial charge in [-0.3, -0.25) is 0 Å². The molecular weight excluding hydrogens is 282 g/mol. The maximum Gasteiger partial charge on any atom is 0.129 e. The molecule has 1 aliphatic heterocycles. The Hall–Kier alpha value is -1.74. The Morgan fingerprint density at radius 2 is 1.67 bits per heavy atom. The van der Waals surface area contributed by atoms with Gasteiger partial charge in [0.25, 0.3) is 0 Å². The van der Waals surface area contributed by atoms with Crippen molar-refractivity contribution in [3.05, 3.63) is 53.7 Å². The minimum atomic E-state index is 0.542. The lowest BCUT2D eigenvalue weighted by Gasteiger charge is -2.37. The molecule has 3 rings (SSSR count). The molecule has 0 bridgehead atoms. The van der Waals surface area contributed by atoms with Gasteiger partial charge in [0.15, 0.2) is 0 Å². The van der Waals surface area contributed by atoms with Gasteiger partial charge in [-0.2, -0.15) is 0 Å². The normalized spacial score (nSPS) is 15.3. The Morgan fingerprint density at radius 1 is 1.00 bits per heavy atom. The highest BCUT2D eigenvalue weighted by Crippen LogP contribution is 2.21. The minimum Gasteiger partial charge on any atom is -0.368 e. The summed E-state index contributed by atoms with van der Waals surface area (Å²) in [6.45, 7) is 6.06. The zero-order chi connectivity index (χ0) is 14.7. The highest BCUT2D eigenvalue weighted by atomic mass is 35.5. The number of piperazine rings is 1. The summed E-state index contributed by atoms with van der Waals surface area (Å²) in [7, 11) is 0. The molecule has 2 heterocycles. The Labute approximate surface area is 131 Å². The first-order valence-electron chi connectivity index (χ1n) is 7.35. The summed E-state index contributed by atoms with van der Waals surface area (Å²) >= 11 is 5.96. The van der Waals surface area contributed by atoms with Crippen LogP contribution in [0.2, 0.25) is 0 Å². The summed E-state index contributed by atoms with van der Waals surface area (Å²) in [5.74, 6) is 1.60. The van der Waals surface area contributed by atoms with Crippen LogP contribution in [0.15, 0.2) is 42.5 Å². The number of anilines is 2. The number of hydrogen-bond donors (Lipinski definition) is 0. The molecule has 1 fully saturated rings. The smallest absolute Gasteiger partial charge is 0.129 e. The third-order valence-corrected chi connectivity index (χ3v) is 4.19. The van der Waals surface area contributed by atoms with E-state index >= 15 is 0 Å². The summed E-state index contributed by atoms with van der Waals surface area (Å²) in [6.07, 6.45) is 0. The van der Waals surface area contributed by atoms with E-state index in [-0.39, 0.29) is 0 Å². The second kappa shape index (κ2) is 6.35. The van der Waals surface area contributed by atoms with Crippen LogP contribution in [0.5, 0.6) is 0 Å². The van der Waals surface area contributed by atoms with E-state index < -0.39 is 0 Å². The van der Waals surface area contributed by atoms with E-state index in [1.807, 2.05) is 6.92 Å². The van der Waals surface area contributed by atoms with E-state index in [9.17, 15) is 0 Å². The fourth-order valence-electron chi connectivity index (χ4n) is 2.79. The van der Waals surface area contributed by atoms with Crippen molar-refractivity contribution < 1.29 is 0 Å². The number of halogens is 1. The quantitative estimate of drug-likeness (QED) is 0.810. The van der Waals surface area contributed by atoms with Gasteiger partial charge in [-0.15, -0.1) is 11.6 Å². The molecule has 0 unspecified atom stereocenters. The monoisotopic (exact) mass is 301 g/mol. The molecule has 0 radical (unpaired) electrons. The van der Waals surface area contributed by atoms with Crippen LogP contribution >= 0.6 is 11.6 Å².